The monoisotopic (exact) mass is 426 g/mol. The molecule has 31 heavy (non-hydrogen) atoms. The molecule has 1 saturated heterocycles. The van der Waals surface area contributed by atoms with E-state index in [-0.39, 0.29) is 17.2 Å². The molecule has 0 radical (unpaired) electrons. The Hall–Kier alpha value is -2.44. The molecule has 0 spiro atoms. The molecule has 1 aliphatic carbocycles. The number of carbonyl (C=O) groups excluding carboxylic acids is 2. The minimum atomic E-state index is -0.184. The largest absolute Gasteiger partial charge is 0.351 e. The highest BCUT2D eigenvalue weighted by Gasteiger charge is 2.30. The zero-order valence-corrected chi connectivity index (χ0v) is 19.0. The number of carbonyl (C=O) groups is 2. The molecule has 0 atom stereocenters. The van der Waals surface area contributed by atoms with Crippen molar-refractivity contribution in [2.75, 3.05) is 19.6 Å². The second-order valence-corrected chi connectivity index (χ2v) is 10.2. The lowest BCUT2D eigenvalue weighted by Gasteiger charge is -2.20. The number of rotatable bonds is 6. The Labute approximate surface area is 183 Å². The first-order valence-electron chi connectivity index (χ1n) is 11.7. The van der Waals surface area contributed by atoms with Crippen molar-refractivity contribution in [2.24, 2.45) is 5.41 Å². The zero-order chi connectivity index (χ0) is 22.0. The van der Waals surface area contributed by atoms with E-state index in [1.54, 1.807) is 0 Å². The Morgan fingerprint density at radius 1 is 1.16 bits per heavy atom. The lowest BCUT2D eigenvalue weighted by atomic mass is 9.89. The Balaban J connectivity index is 1.49. The summed E-state index contributed by atoms with van der Waals surface area (Å²) >= 11 is 0. The van der Waals surface area contributed by atoms with Gasteiger partial charge >= 0.3 is 0 Å². The van der Waals surface area contributed by atoms with Gasteiger partial charge in [-0.2, -0.15) is 0 Å². The van der Waals surface area contributed by atoms with Crippen molar-refractivity contribution >= 4 is 22.9 Å². The van der Waals surface area contributed by atoms with Crippen LogP contribution in [0.5, 0.6) is 0 Å². The molecule has 0 aromatic carbocycles. The van der Waals surface area contributed by atoms with Crippen LogP contribution in [0.4, 0.5) is 0 Å². The van der Waals surface area contributed by atoms with Crippen molar-refractivity contribution in [1.82, 2.24) is 20.4 Å². The van der Waals surface area contributed by atoms with E-state index < -0.39 is 0 Å². The van der Waals surface area contributed by atoms with E-state index in [2.05, 4.69) is 36.2 Å². The fourth-order valence-corrected chi connectivity index (χ4v) is 4.28. The Bertz CT molecular complexity index is 948. The smallest absolute Gasteiger partial charge is 0.259 e. The second-order valence-electron chi connectivity index (χ2n) is 10.2. The minimum Gasteiger partial charge on any atom is -0.351 e. The van der Waals surface area contributed by atoms with Crippen LogP contribution >= 0.6 is 0 Å². The highest BCUT2D eigenvalue weighted by Crippen LogP contribution is 2.41. The molecule has 2 aromatic heterocycles. The number of likely N-dealkylation sites (tertiary alicyclic amines) is 1. The summed E-state index contributed by atoms with van der Waals surface area (Å²) in [5.74, 6) is 0.340. The molecule has 2 aromatic rings. The number of nitrogens with zero attached hydrogens (tertiary/aromatic N) is 3. The first kappa shape index (κ1) is 21.8. The summed E-state index contributed by atoms with van der Waals surface area (Å²) in [6.07, 6.45) is 7.73. The summed E-state index contributed by atoms with van der Waals surface area (Å²) in [4.78, 5) is 32.3. The van der Waals surface area contributed by atoms with Crippen LogP contribution in [0.15, 0.2) is 10.6 Å². The van der Waals surface area contributed by atoms with Crippen LogP contribution in [-0.2, 0) is 11.2 Å². The van der Waals surface area contributed by atoms with Gasteiger partial charge in [0.15, 0.2) is 0 Å². The first-order chi connectivity index (χ1) is 14.8. The lowest BCUT2D eigenvalue weighted by Crippen LogP contribution is -2.35. The normalized spacial score (nSPS) is 17.6. The highest BCUT2D eigenvalue weighted by atomic mass is 16.5. The molecule has 1 N–H and O–H groups in total. The number of pyridine rings is 1. The predicted molar refractivity (Wildman–Crippen MR) is 119 cm³/mol. The fourth-order valence-electron chi connectivity index (χ4n) is 4.28. The highest BCUT2D eigenvalue weighted by molar-refractivity contribution is 6.06. The van der Waals surface area contributed by atoms with Crippen molar-refractivity contribution in [3.05, 3.63) is 23.0 Å². The van der Waals surface area contributed by atoms with Crippen molar-refractivity contribution in [3.63, 3.8) is 0 Å². The molecule has 0 unspecified atom stereocenters. The van der Waals surface area contributed by atoms with Gasteiger partial charge in [0.05, 0.1) is 16.6 Å². The maximum absolute atomic E-state index is 13.1. The third-order valence-corrected chi connectivity index (χ3v) is 6.06. The molecular formula is C24H34N4O3. The lowest BCUT2D eigenvalue weighted by molar-refractivity contribution is -0.131. The Morgan fingerprint density at radius 3 is 2.52 bits per heavy atom. The van der Waals surface area contributed by atoms with Crippen LogP contribution in [0.1, 0.15) is 93.4 Å². The van der Waals surface area contributed by atoms with Crippen LogP contribution in [-0.4, -0.2) is 46.5 Å². The summed E-state index contributed by atoms with van der Waals surface area (Å²) in [5, 5.41) is 7.91. The Morgan fingerprint density at radius 2 is 1.87 bits per heavy atom. The predicted octanol–water partition coefficient (Wildman–Crippen LogP) is 4.21. The van der Waals surface area contributed by atoms with E-state index in [1.165, 1.54) is 12.8 Å². The molecule has 1 aliphatic heterocycles. The number of hydrogen-bond acceptors (Lipinski definition) is 5. The number of amides is 2. The van der Waals surface area contributed by atoms with Crippen molar-refractivity contribution < 1.29 is 14.1 Å². The fraction of sp³-hybridized carbons (Fsp3) is 0.667. The van der Waals surface area contributed by atoms with E-state index in [9.17, 15) is 9.59 Å². The van der Waals surface area contributed by atoms with E-state index >= 15 is 0 Å². The van der Waals surface area contributed by atoms with Crippen LogP contribution in [0.2, 0.25) is 0 Å². The standard InChI is InChI=1S/C24H34N4O3/c1-24(2,3)15-19-21-17(14-18(16-8-9-16)26-23(21)31-27-19)22(30)25-11-10-20(29)28-12-6-4-5-7-13-28/h14,16H,4-13,15H2,1-3H3,(H,25,30). The second kappa shape index (κ2) is 8.97. The summed E-state index contributed by atoms with van der Waals surface area (Å²) < 4.78 is 5.54. The van der Waals surface area contributed by atoms with Gasteiger partial charge in [0.1, 0.15) is 0 Å². The molecule has 4 rings (SSSR count). The molecule has 168 valence electrons. The molecule has 7 heteroatoms. The molecule has 3 heterocycles. The number of fused-ring (bicyclic) bond motifs is 1. The summed E-state index contributed by atoms with van der Waals surface area (Å²) in [5.41, 5.74) is 2.68. The summed E-state index contributed by atoms with van der Waals surface area (Å²) in [6.45, 7) is 8.39. The Kier molecular flexibility index (Phi) is 6.30. The zero-order valence-electron chi connectivity index (χ0n) is 19.0. The molecule has 0 bridgehead atoms. The number of nitrogens with one attached hydrogen (secondary N) is 1. The maximum atomic E-state index is 13.1. The number of aromatic nitrogens is 2. The van der Waals surface area contributed by atoms with Crippen LogP contribution in [0.25, 0.3) is 11.1 Å². The maximum Gasteiger partial charge on any atom is 0.259 e. The SMILES string of the molecule is CC(C)(C)Cc1noc2nc(C3CC3)cc(C(=O)NCCC(=O)N3CCCCCC3)c12. The summed E-state index contributed by atoms with van der Waals surface area (Å²) in [7, 11) is 0. The summed E-state index contributed by atoms with van der Waals surface area (Å²) in [6, 6.07) is 1.90. The van der Waals surface area contributed by atoms with Crippen molar-refractivity contribution in [2.45, 2.75) is 78.1 Å². The third-order valence-electron chi connectivity index (χ3n) is 6.06. The average Bonchev–Trinajstić information content (AvgIpc) is 3.52. The average molecular weight is 427 g/mol. The van der Waals surface area contributed by atoms with Crippen molar-refractivity contribution in [3.8, 4) is 0 Å². The van der Waals surface area contributed by atoms with Gasteiger partial charge in [0.25, 0.3) is 11.6 Å². The molecular weight excluding hydrogens is 392 g/mol. The van der Waals surface area contributed by atoms with Gasteiger partial charge in [-0.1, -0.05) is 38.8 Å². The van der Waals surface area contributed by atoms with Crippen LogP contribution in [0, 0.1) is 5.41 Å². The molecule has 1 saturated carbocycles. The van der Waals surface area contributed by atoms with Gasteiger partial charge in [-0.15, -0.1) is 0 Å². The number of hydrogen-bond donors (Lipinski definition) is 1. The van der Waals surface area contributed by atoms with Gasteiger partial charge in [-0.05, 0) is 43.6 Å². The van der Waals surface area contributed by atoms with Gasteiger partial charge in [-0.3, -0.25) is 9.59 Å². The topological polar surface area (TPSA) is 88.3 Å². The van der Waals surface area contributed by atoms with Crippen molar-refractivity contribution in [1.29, 1.82) is 0 Å². The van der Waals surface area contributed by atoms with Crippen LogP contribution < -0.4 is 5.32 Å². The van der Waals surface area contributed by atoms with Gasteiger partial charge in [0, 0.05) is 37.7 Å². The van der Waals surface area contributed by atoms with E-state index in [1.807, 2.05) is 11.0 Å². The molecule has 2 amide bonds. The van der Waals surface area contributed by atoms with Gasteiger partial charge in [-0.25, -0.2) is 4.98 Å². The van der Waals surface area contributed by atoms with Gasteiger partial charge < -0.3 is 14.7 Å². The molecule has 7 nitrogen and oxygen atoms in total. The van der Waals surface area contributed by atoms with Crippen LogP contribution in [0.3, 0.4) is 0 Å². The van der Waals surface area contributed by atoms with E-state index in [0.29, 0.717) is 42.0 Å². The van der Waals surface area contributed by atoms with E-state index in [4.69, 9.17) is 4.52 Å². The van der Waals surface area contributed by atoms with Gasteiger partial charge in [0.2, 0.25) is 5.91 Å². The quantitative estimate of drug-likeness (QED) is 0.747. The molecule has 2 aliphatic rings. The van der Waals surface area contributed by atoms with E-state index in [0.717, 1.165) is 50.2 Å². The minimum absolute atomic E-state index is 0.00624. The first-order valence-corrected chi connectivity index (χ1v) is 11.7. The third kappa shape index (κ3) is 5.43. The molecule has 2 fully saturated rings.